The first-order chi connectivity index (χ1) is 8.27. The molecule has 0 spiro atoms. The number of carbonyl (C=O) groups excluding carboxylic acids is 1. The summed E-state index contributed by atoms with van der Waals surface area (Å²) in [4.78, 5) is 14.3. The maximum absolute atomic E-state index is 11.6. The minimum Gasteiger partial charge on any atom is -0.352 e. The van der Waals surface area contributed by atoms with E-state index < -0.39 is 0 Å². The molecule has 0 saturated heterocycles. The maximum Gasteiger partial charge on any atom is 0.251 e. The molecule has 90 valence electrons. The Balaban J connectivity index is 2.54. The van der Waals surface area contributed by atoms with Crippen LogP contribution in [-0.2, 0) is 6.54 Å². The van der Waals surface area contributed by atoms with E-state index in [1.807, 2.05) is 0 Å². The van der Waals surface area contributed by atoms with Crippen LogP contribution in [0.15, 0.2) is 29.4 Å². The Morgan fingerprint density at radius 1 is 1.41 bits per heavy atom. The number of amides is 1. The highest BCUT2D eigenvalue weighted by atomic mass is 16.1. The number of rotatable bonds is 6. The van der Waals surface area contributed by atoms with Crippen LogP contribution < -0.4 is 11.1 Å². The maximum atomic E-state index is 11.6. The van der Waals surface area contributed by atoms with E-state index in [1.165, 1.54) is 0 Å². The Kier molecular flexibility index (Phi) is 5.57. The summed E-state index contributed by atoms with van der Waals surface area (Å²) in [6.07, 6.45) is 0.765. The van der Waals surface area contributed by atoms with Crippen LogP contribution >= 0.6 is 0 Å². The van der Waals surface area contributed by atoms with Gasteiger partial charge in [-0.15, -0.1) is 0 Å². The fourth-order valence-electron chi connectivity index (χ4n) is 1.28. The van der Waals surface area contributed by atoms with Crippen molar-refractivity contribution in [3.8, 4) is 0 Å². The van der Waals surface area contributed by atoms with Gasteiger partial charge in [-0.1, -0.05) is 17.2 Å². The second kappa shape index (κ2) is 7.27. The summed E-state index contributed by atoms with van der Waals surface area (Å²) in [7, 11) is 0. The van der Waals surface area contributed by atoms with Crippen molar-refractivity contribution >= 4 is 5.91 Å². The van der Waals surface area contributed by atoms with Crippen molar-refractivity contribution in [2.24, 2.45) is 10.8 Å². The Labute approximate surface area is 99.4 Å². The lowest BCUT2D eigenvalue weighted by Gasteiger charge is -2.04. The van der Waals surface area contributed by atoms with Crippen LogP contribution in [0.1, 0.15) is 22.3 Å². The summed E-state index contributed by atoms with van der Waals surface area (Å²) in [5.74, 6) is -0.117. The van der Waals surface area contributed by atoms with Crippen molar-refractivity contribution in [2.45, 2.75) is 13.0 Å². The van der Waals surface area contributed by atoms with Crippen LogP contribution in [0.3, 0.4) is 0 Å². The molecule has 6 heteroatoms. The van der Waals surface area contributed by atoms with Crippen molar-refractivity contribution in [1.29, 1.82) is 0 Å². The summed E-state index contributed by atoms with van der Waals surface area (Å²) < 4.78 is 0. The summed E-state index contributed by atoms with van der Waals surface area (Å²) in [6, 6.07) is 6.96. The van der Waals surface area contributed by atoms with Gasteiger partial charge in [0.1, 0.15) is 0 Å². The zero-order chi connectivity index (χ0) is 12.5. The molecule has 0 heterocycles. The molecule has 1 aromatic carbocycles. The predicted molar refractivity (Wildman–Crippen MR) is 65.3 cm³/mol. The van der Waals surface area contributed by atoms with Crippen molar-refractivity contribution < 1.29 is 4.79 Å². The normalized spacial score (nSPS) is 9.47. The molecule has 3 N–H and O–H groups in total. The van der Waals surface area contributed by atoms with Crippen molar-refractivity contribution in [3.05, 3.63) is 45.8 Å². The molecule has 1 amide bonds. The van der Waals surface area contributed by atoms with Crippen LogP contribution in [0.2, 0.25) is 0 Å². The Morgan fingerprint density at radius 3 is 2.71 bits per heavy atom. The van der Waals surface area contributed by atoms with E-state index in [0.717, 1.165) is 12.0 Å². The van der Waals surface area contributed by atoms with E-state index in [0.29, 0.717) is 25.2 Å². The quantitative estimate of drug-likeness (QED) is 0.337. The Bertz CT molecular complexity index is 408. The van der Waals surface area contributed by atoms with Crippen LogP contribution in [0.25, 0.3) is 10.4 Å². The molecule has 0 aromatic heterocycles. The van der Waals surface area contributed by atoms with Crippen molar-refractivity contribution in [2.75, 3.05) is 13.1 Å². The molecule has 0 atom stereocenters. The van der Waals surface area contributed by atoms with Gasteiger partial charge in [0, 0.05) is 17.0 Å². The molecule has 1 rings (SSSR count). The summed E-state index contributed by atoms with van der Waals surface area (Å²) >= 11 is 0. The third-order valence-corrected chi connectivity index (χ3v) is 2.20. The fraction of sp³-hybridized carbons (Fsp3) is 0.364. The van der Waals surface area contributed by atoms with Crippen LogP contribution in [-0.4, -0.2) is 19.0 Å². The molecule has 0 bridgehead atoms. The van der Waals surface area contributed by atoms with Gasteiger partial charge in [0.15, 0.2) is 0 Å². The topological polar surface area (TPSA) is 104 Å². The van der Waals surface area contributed by atoms with Crippen molar-refractivity contribution in [3.63, 3.8) is 0 Å². The molecule has 0 radical (unpaired) electrons. The SMILES string of the molecule is [N-]=[N+]=NCc1ccc(C(=O)NCCCN)cc1. The number of nitrogens with one attached hydrogen (secondary N) is 1. The average molecular weight is 233 g/mol. The lowest BCUT2D eigenvalue weighted by Crippen LogP contribution is -2.25. The van der Waals surface area contributed by atoms with E-state index >= 15 is 0 Å². The molecular weight excluding hydrogens is 218 g/mol. The van der Waals surface area contributed by atoms with Gasteiger partial charge in [0.2, 0.25) is 0 Å². The van der Waals surface area contributed by atoms with Gasteiger partial charge in [0.25, 0.3) is 5.91 Å². The predicted octanol–water partition coefficient (Wildman–Crippen LogP) is 1.58. The third-order valence-electron chi connectivity index (χ3n) is 2.20. The second-order valence-corrected chi connectivity index (χ2v) is 3.48. The number of benzene rings is 1. The monoisotopic (exact) mass is 233 g/mol. The molecule has 17 heavy (non-hydrogen) atoms. The Hall–Kier alpha value is -2.04. The van der Waals surface area contributed by atoms with Gasteiger partial charge in [-0.05, 0) is 36.2 Å². The van der Waals surface area contributed by atoms with Gasteiger partial charge in [-0.25, -0.2) is 0 Å². The smallest absolute Gasteiger partial charge is 0.251 e. The van der Waals surface area contributed by atoms with Gasteiger partial charge < -0.3 is 11.1 Å². The zero-order valence-corrected chi connectivity index (χ0v) is 9.47. The Morgan fingerprint density at radius 2 is 2.12 bits per heavy atom. The number of nitrogens with two attached hydrogens (primary N) is 1. The number of azide groups is 1. The summed E-state index contributed by atoms with van der Waals surface area (Å²) in [5, 5.41) is 6.20. The zero-order valence-electron chi connectivity index (χ0n) is 9.47. The summed E-state index contributed by atoms with van der Waals surface area (Å²) in [5.41, 5.74) is 15.0. The molecule has 0 fully saturated rings. The van der Waals surface area contributed by atoms with Gasteiger partial charge in [-0.3, -0.25) is 4.79 Å². The standard InChI is InChI=1S/C11H15N5O/c12-6-1-7-14-11(17)10-4-2-9(3-5-10)8-15-16-13/h2-5H,1,6-8,12H2,(H,14,17). The number of hydrogen-bond donors (Lipinski definition) is 2. The minimum atomic E-state index is -0.117. The van der Waals surface area contributed by atoms with E-state index in [9.17, 15) is 4.79 Å². The van der Waals surface area contributed by atoms with Crippen molar-refractivity contribution in [1.82, 2.24) is 5.32 Å². The number of nitrogens with zero attached hydrogens (tertiary/aromatic N) is 3. The average Bonchev–Trinajstić information content (AvgIpc) is 2.37. The first-order valence-corrected chi connectivity index (χ1v) is 5.36. The molecule has 0 aliphatic rings. The van der Waals surface area contributed by atoms with E-state index in [1.54, 1.807) is 24.3 Å². The molecule has 0 aliphatic heterocycles. The number of hydrogen-bond acceptors (Lipinski definition) is 3. The van der Waals surface area contributed by atoms with Gasteiger partial charge in [0.05, 0.1) is 6.54 Å². The molecular formula is C11H15N5O. The van der Waals surface area contributed by atoms with E-state index in [4.69, 9.17) is 11.3 Å². The third kappa shape index (κ3) is 4.55. The molecule has 0 unspecified atom stereocenters. The lowest BCUT2D eigenvalue weighted by molar-refractivity contribution is 0.0953. The summed E-state index contributed by atoms with van der Waals surface area (Å²) in [6.45, 7) is 1.44. The van der Waals surface area contributed by atoms with Gasteiger partial charge in [-0.2, -0.15) is 0 Å². The van der Waals surface area contributed by atoms with Crippen LogP contribution in [0.4, 0.5) is 0 Å². The van der Waals surface area contributed by atoms with Crippen LogP contribution in [0, 0.1) is 0 Å². The highest BCUT2D eigenvalue weighted by Gasteiger charge is 2.03. The van der Waals surface area contributed by atoms with E-state index in [-0.39, 0.29) is 5.91 Å². The van der Waals surface area contributed by atoms with Crippen LogP contribution in [0.5, 0.6) is 0 Å². The first-order valence-electron chi connectivity index (χ1n) is 5.36. The fourth-order valence-corrected chi connectivity index (χ4v) is 1.28. The lowest BCUT2D eigenvalue weighted by atomic mass is 10.1. The minimum absolute atomic E-state index is 0.117. The highest BCUT2D eigenvalue weighted by Crippen LogP contribution is 2.05. The number of carbonyl (C=O) groups is 1. The second-order valence-electron chi connectivity index (χ2n) is 3.48. The first kappa shape index (κ1) is 13.0. The molecule has 0 aliphatic carbocycles. The molecule has 0 saturated carbocycles. The highest BCUT2D eigenvalue weighted by molar-refractivity contribution is 5.94. The largest absolute Gasteiger partial charge is 0.352 e. The van der Waals surface area contributed by atoms with Gasteiger partial charge >= 0.3 is 0 Å². The molecule has 6 nitrogen and oxygen atoms in total. The van der Waals surface area contributed by atoms with E-state index in [2.05, 4.69) is 15.3 Å². The molecule has 1 aromatic rings.